The van der Waals surface area contributed by atoms with Gasteiger partial charge in [-0.3, -0.25) is 4.90 Å². The molecular formula is C15H22BrFN2. The summed E-state index contributed by atoms with van der Waals surface area (Å²) in [6, 6.07) is 5.79. The molecule has 1 aromatic carbocycles. The Labute approximate surface area is 123 Å². The lowest BCUT2D eigenvalue weighted by Crippen LogP contribution is -2.61. The zero-order valence-electron chi connectivity index (χ0n) is 11.8. The van der Waals surface area contributed by atoms with Crippen molar-refractivity contribution in [2.45, 2.75) is 45.3 Å². The van der Waals surface area contributed by atoms with Gasteiger partial charge < -0.3 is 5.32 Å². The molecule has 0 aliphatic carbocycles. The van der Waals surface area contributed by atoms with Crippen molar-refractivity contribution < 1.29 is 4.39 Å². The molecular weight excluding hydrogens is 307 g/mol. The molecule has 0 amide bonds. The van der Waals surface area contributed by atoms with Gasteiger partial charge in [-0.2, -0.15) is 0 Å². The second kappa shape index (κ2) is 5.90. The van der Waals surface area contributed by atoms with Crippen molar-refractivity contribution in [1.29, 1.82) is 0 Å². The Balaban J connectivity index is 2.17. The molecule has 0 saturated carbocycles. The van der Waals surface area contributed by atoms with Gasteiger partial charge in [-0.15, -0.1) is 0 Å². The number of piperazine rings is 1. The lowest BCUT2D eigenvalue weighted by Gasteiger charge is -2.44. The molecule has 0 radical (unpaired) electrons. The zero-order valence-corrected chi connectivity index (χ0v) is 13.4. The van der Waals surface area contributed by atoms with E-state index in [-0.39, 0.29) is 11.4 Å². The highest BCUT2D eigenvalue weighted by atomic mass is 79.9. The summed E-state index contributed by atoms with van der Waals surface area (Å²) in [5.41, 5.74) is 1.14. The monoisotopic (exact) mass is 328 g/mol. The number of benzene rings is 1. The van der Waals surface area contributed by atoms with Crippen LogP contribution < -0.4 is 5.32 Å². The molecule has 1 aliphatic heterocycles. The largest absolute Gasteiger partial charge is 0.309 e. The van der Waals surface area contributed by atoms with Crippen molar-refractivity contribution in [3.63, 3.8) is 0 Å². The minimum atomic E-state index is -0.181. The number of halogens is 2. The van der Waals surface area contributed by atoms with Crippen LogP contribution >= 0.6 is 15.9 Å². The van der Waals surface area contributed by atoms with E-state index < -0.39 is 0 Å². The van der Waals surface area contributed by atoms with Crippen LogP contribution in [0.25, 0.3) is 0 Å². The molecule has 1 saturated heterocycles. The molecule has 1 aliphatic rings. The maximum Gasteiger partial charge on any atom is 0.137 e. The van der Waals surface area contributed by atoms with E-state index >= 15 is 0 Å². The number of nitrogens with one attached hydrogen (secondary N) is 1. The molecule has 1 unspecified atom stereocenters. The van der Waals surface area contributed by atoms with E-state index in [1.807, 2.05) is 6.07 Å². The number of hydrogen-bond donors (Lipinski definition) is 1. The van der Waals surface area contributed by atoms with Gasteiger partial charge in [-0.25, -0.2) is 4.39 Å². The van der Waals surface area contributed by atoms with Gasteiger partial charge in [-0.1, -0.05) is 19.1 Å². The third-order valence-corrected chi connectivity index (χ3v) is 4.70. The molecule has 1 aromatic rings. The normalized spacial score (nSPS) is 23.5. The van der Waals surface area contributed by atoms with Crippen LogP contribution in [0.15, 0.2) is 22.7 Å². The first-order chi connectivity index (χ1) is 8.93. The molecule has 2 rings (SSSR count). The van der Waals surface area contributed by atoms with Crippen molar-refractivity contribution in [1.82, 2.24) is 10.2 Å². The third-order valence-electron chi connectivity index (χ3n) is 3.81. The maximum atomic E-state index is 13.6. The lowest BCUT2D eigenvalue weighted by atomic mass is 9.97. The Bertz CT molecular complexity index is 448. The second-order valence-corrected chi connectivity index (χ2v) is 6.74. The number of rotatable bonds is 3. The van der Waals surface area contributed by atoms with Crippen molar-refractivity contribution in [3.8, 4) is 0 Å². The molecule has 0 aromatic heterocycles. The van der Waals surface area contributed by atoms with Crippen molar-refractivity contribution in [2.24, 2.45) is 0 Å². The van der Waals surface area contributed by atoms with E-state index in [0.717, 1.165) is 31.6 Å². The first-order valence-electron chi connectivity index (χ1n) is 6.85. The van der Waals surface area contributed by atoms with E-state index in [9.17, 15) is 4.39 Å². The zero-order chi connectivity index (χ0) is 14.0. The summed E-state index contributed by atoms with van der Waals surface area (Å²) < 4.78 is 14.2. The second-order valence-electron chi connectivity index (χ2n) is 5.94. The fourth-order valence-corrected chi connectivity index (χ4v) is 3.08. The molecule has 0 spiro atoms. The fraction of sp³-hybridized carbons (Fsp3) is 0.600. The van der Waals surface area contributed by atoms with Crippen LogP contribution in [0.4, 0.5) is 4.39 Å². The van der Waals surface area contributed by atoms with Crippen molar-refractivity contribution >= 4 is 15.9 Å². The van der Waals surface area contributed by atoms with Crippen LogP contribution in [0, 0.1) is 5.82 Å². The van der Waals surface area contributed by atoms with E-state index in [1.54, 1.807) is 6.07 Å². The van der Waals surface area contributed by atoms with E-state index in [1.165, 1.54) is 6.07 Å². The van der Waals surface area contributed by atoms with E-state index in [0.29, 0.717) is 10.5 Å². The van der Waals surface area contributed by atoms with Gasteiger partial charge in [-0.05, 0) is 47.8 Å². The summed E-state index contributed by atoms with van der Waals surface area (Å²) in [7, 11) is 0. The van der Waals surface area contributed by atoms with Crippen molar-refractivity contribution in [2.75, 3.05) is 13.1 Å². The minimum absolute atomic E-state index is 0.117. The minimum Gasteiger partial charge on any atom is -0.309 e. The van der Waals surface area contributed by atoms with Crippen LogP contribution in [0.1, 0.15) is 32.8 Å². The van der Waals surface area contributed by atoms with Gasteiger partial charge in [0.2, 0.25) is 0 Å². The van der Waals surface area contributed by atoms with Gasteiger partial charge in [0.25, 0.3) is 0 Å². The highest BCUT2D eigenvalue weighted by molar-refractivity contribution is 9.10. The average molecular weight is 329 g/mol. The quantitative estimate of drug-likeness (QED) is 0.912. The number of nitrogens with zero attached hydrogens (tertiary/aromatic N) is 1. The Morgan fingerprint density at radius 1 is 1.47 bits per heavy atom. The first kappa shape index (κ1) is 14.9. The molecule has 1 atom stereocenters. The van der Waals surface area contributed by atoms with Crippen molar-refractivity contribution in [3.05, 3.63) is 34.1 Å². The molecule has 1 heterocycles. The van der Waals surface area contributed by atoms with Crippen LogP contribution in [0.2, 0.25) is 0 Å². The highest BCUT2D eigenvalue weighted by Crippen LogP contribution is 2.25. The first-order valence-corrected chi connectivity index (χ1v) is 7.64. The predicted octanol–water partition coefficient (Wildman–Crippen LogP) is 3.55. The SMILES string of the molecule is CCC1CNC(C)(C)CN1Cc1cccc(F)c1Br. The Hall–Kier alpha value is -0.450. The summed E-state index contributed by atoms with van der Waals surface area (Å²) in [5.74, 6) is -0.181. The Kier molecular flexibility index (Phi) is 4.64. The number of hydrogen-bond acceptors (Lipinski definition) is 2. The van der Waals surface area contributed by atoms with Crippen LogP contribution in [-0.2, 0) is 6.54 Å². The van der Waals surface area contributed by atoms with Gasteiger partial charge >= 0.3 is 0 Å². The summed E-state index contributed by atoms with van der Waals surface area (Å²) in [6.07, 6.45) is 1.11. The standard InChI is InChI=1S/C15H22BrFN2/c1-4-12-8-18-15(2,3)10-19(12)9-11-6-5-7-13(17)14(11)16/h5-7,12,18H,4,8-10H2,1-3H3. The molecule has 2 nitrogen and oxygen atoms in total. The van der Waals surface area contributed by atoms with Gasteiger partial charge in [0.05, 0.1) is 4.47 Å². The fourth-order valence-electron chi connectivity index (χ4n) is 2.69. The van der Waals surface area contributed by atoms with E-state index in [4.69, 9.17) is 0 Å². The summed E-state index contributed by atoms with van der Waals surface area (Å²) in [5, 5.41) is 3.57. The summed E-state index contributed by atoms with van der Waals surface area (Å²) >= 11 is 3.36. The topological polar surface area (TPSA) is 15.3 Å². The van der Waals surface area contributed by atoms with Gasteiger partial charge in [0, 0.05) is 31.2 Å². The lowest BCUT2D eigenvalue weighted by molar-refractivity contribution is 0.0855. The van der Waals surface area contributed by atoms with Crippen LogP contribution in [-0.4, -0.2) is 29.6 Å². The molecule has 1 fully saturated rings. The summed E-state index contributed by atoms with van der Waals surface area (Å²) in [4.78, 5) is 2.45. The Morgan fingerprint density at radius 3 is 2.89 bits per heavy atom. The predicted molar refractivity (Wildman–Crippen MR) is 80.7 cm³/mol. The average Bonchev–Trinajstić information content (AvgIpc) is 2.34. The third kappa shape index (κ3) is 3.56. The van der Waals surface area contributed by atoms with Crippen LogP contribution in [0.5, 0.6) is 0 Å². The molecule has 4 heteroatoms. The highest BCUT2D eigenvalue weighted by Gasteiger charge is 2.31. The van der Waals surface area contributed by atoms with E-state index in [2.05, 4.69) is 46.9 Å². The van der Waals surface area contributed by atoms with Gasteiger partial charge in [0.15, 0.2) is 0 Å². The maximum absolute atomic E-state index is 13.6. The van der Waals surface area contributed by atoms with Gasteiger partial charge in [0.1, 0.15) is 5.82 Å². The molecule has 0 bridgehead atoms. The van der Waals surface area contributed by atoms with Crippen LogP contribution in [0.3, 0.4) is 0 Å². The molecule has 1 N–H and O–H groups in total. The molecule has 106 valence electrons. The Morgan fingerprint density at radius 2 is 2.21 bits per heavy atom. The smallest absolute Gasteiger partial charge is 0.137 e. The summed E-state index contributed by atoms with van der Waals surface area (Å²) in [6.45, 7) is 9.41. The molecule has 19 heavy (non-hydrogen) atoms.